The third-order valence-electron chi connectivity index (χ3n) is 5.19. The van der Waals surface area contributed by atoms with Crippen LogP contribution in [-0.2, 0) is 0 Å². The topological polar surface area (TPSA) is 55.9 Å². The normalized spacial score (nSPS) is 15.3. The average Bonchev–Trinajstić information content (AvgIpc) is 3.44. The lowest BCUT2D eigenvalue weighted by atomic mass is 10.1. The molecular weight excluding hydrogens is 352 g/mol. The molecule has 1 atom stereocenters. The van der Waals surface area contributed by atoms with Crippen molar-refractivity contribution in [2.45, 2.75) is 18.9 Å². The third-order valence-corrected chi connectivity index (χ3v) is 5.19. The van der Waals surface area contributed by atoms with Gasteiger partial charge in [0, 0.05) is 18.4 Å². The van der Waals surface area contributed by atoms with Gasteiger partial charge in [-0.25, -0.2) is 0 Å². The number of ether oxygens (including phenoxy) is 1. The molecule has 0 unspecified atom stereocenters. The first-order valence-electron chi connectivity index (χ1n) is 9.79. The van der Waals surface area contributed by atoms with Crippen molar-refractivity contribution in [1.29, 1.82) is 0 Å². The lowest BCUT2D eigenvalue weighted by Gasteiger charge is -2.23. The highest BCUT2D eigenvalue weighted by atomic mass is 16.5. The van der Waals surface area contributed by atoms with Gasteiger partial charge in [0.15, 0.2) is 11.8 Å². The molecule has 1 aliphatic rings. The van der Waals surface area contributed by atoms with E-state index in [9.17, 15) is 4.79 Å². The van der Waals surface area contributed by atoms with Gasteiger partial charge in [-0.3, -0.25) is 4.79 Å². The molecule has 0 spiro atoms. The Labute approximate surface area is 164 Å². The van der Waals surface area contributed by atoms with Crippen LogP contribution < -0.4 is 15.0 Å². The minimum absolute atomic E-state index is 0.0820. The Morgan fingerprint density at radius 3 is 2.36 bits per heavy atom. The minimum atomic E-state index is -0.0820. The van der Waals surface area contributed by atoms with Crippen molar-refractivity contribution < 1.29 is 18.8 Å². The Kier molecular flexibility index (Phi) is 5.73. The summed E-state index contributed by atoms with van der Waals surface area (Å²) >= 11 is 0. The average molecular weight is 377 g/mol. The first-order chi connectivity index (χ1) is 13.8. The highest BCUT2D eigenvalue weighted by molar-refractivity contribution is 5.94. The van der Waals surface area contributed by atoms with Gasteiger partial charge in [-0.15, -0.1) is 0 Å². The maximum Gasteiger partial charge on any atom is 0.251 e. The Morgan fingerprint density at radius 2 is 1.68 bits per heavy atom. The molecule has 1 aliphatic heterocycles. The molecule has 4 rings (SSSR count). The summed E-state index contributed by atoms with van der Waals surface area (Å²) in [5, 5.41) is 3.07. The van der Waals surface area contributed by atoms with Crippen LogP contribution in [0.2, 0.25) is 0 Å². The fourth-order valence-electron chi connectivity index (χ4n) is 3.71. The van der Waals surface area contributed by atoms with Crippen molar-refractivity contribution in [3.8, 4) is 11.5 Å². The third kappa shape index (κ3) is 4.43. The zero-order valence-electron chi connectivity index (χ0n) is 15.8. The molecule has 1 amide bonds. The first-order valence-corrected chi connectivity index (χ1v) is 9.79. The number of nitrogens with one attached hydrogen (secondary N) is 2. The van der Waals surface area contributed by atoms with Gasteiger partial charge >= 0.3 is 0 Å². The summed E-state index contributed by atoms with van der Waals surface area (Å²) in [5.74, 6) is 2.33. The number of hydrogen-bond acceptors (Lipinski definition) is 3. The van der Waals surface area contributed by atoms with E-state index in [0.717, 1.165) is 24.6 Å². The van der Waals surface area contributed by atoms with Crippen LogP contribution in [0.15, 0.2) is 77.4 Å². The Morgan fingerprint density at radius 1 is 0.964 bits per heavy atom. The molecule has 0 aliphatic carbocycles. The van der Waals surface area contributed by atoms with Crippen molar-refractivity contribution in [1.82, 2.24) is 5.32 Å². The van der Waals surface area contributed by atoms with E-state index in [4.69, 9.17) is 9.15 Å². The van der Waals surface area contributed by atoms with Gasteiger partial charge in [-0.05, 0) is 48.5 Å². The number of para-hydroxylation sites is 1. The van der Waals surface area contributed by atoms with Crippen LogP contribution in [0.1, 0.15) is 35.0 Å². The number of quaternary nitrogens is 1. The summed E-state index contributed by atoms with van der Waals surface area (Å²) in [4.78, 5) is 14.1. The molecule has 2 heterocycles. The smallest absolute Gasteiger partial charge is 0.251 e. The van der Waals surface area contributed by atoms with Gasteiger partial charge in [0.2, 0.25) is 0 Å². The van der Waals surface area contributed by atoms with E-state index < -0.39 is 0 Å². The molecule has 5 nitrogen and oxygen atoms in total. The number of hydrogen-bond donors (Lipinski definition) is 2. The second kappa shape index (κ2) is 8.76. The quantitative estimate of drug-likeness (QED) is 0.665. The maximum absolute atomic E-state index is 12.6. The van der Waals surface area contributed by atoms with Gasteiger partial charge < -0.3 is 19.4 Å². The van der Waals surface area contributed by atoms with Crippen LogP contribution in [0.25, 0.3) is 0 Å². The van der Waals surface area contributed by atoms with Gasteiger partial charge in [0.1, 0.15) is 11.5 Å². The van der Waals surface area contributed by atoms with Crippen molar-refractivity contribution >= 4 is 5.91 Å². The summed E-state index contributed by atoms with van der Waals surface area (Å²) in [6, 6.07) is 20.9. The predicted molar refractivity (Wildman–Crippen MR) is 107 cm³/mol. The van der Waals surface area contributed by atoms with Crippen LogP contribution >= 0.6 is 0 Å². The highest BCUT2D eigenvalue weighted by Crippen LogP contribution is 2.21. The van der Waals surface area contributed by atoms with Gasteiger partial charge in [-0.2, -0.15) is 0 Å². The van der Waals surface area contributed by atoms with E-state index in [1.807, 2.05) is 54.6 Å². The van der Waals surface area contributed by atoms with Crippen LogP contribution in [0.5, 0.6) is 11.5 Å². The number of likely N-dealkylation sites (tertiary alicyclic amines) is 1. The molecule has 1 aromatic heterocycles. The van der Waals surface area contributed by atoms with E-state index in [0.29, 0.717) is 17.9 Å². The van der Waals surface area contributed by atoms with Crippen LogP contribution in [-0.4, -0.2) is 25.5 Å². The Bertz CT molecular complexity index is 870. The number of amides is 1. The maximum atomic E-state index is 12.6. The lowest BCUT2D eigenvalue weighted by Crippen LogP contribution is -3.11. The predicted octanol–water partition coefficient (Wildman–Crippen LogP) is 3.22. The summed E-state index contributed by atoms with van der Waals surface area (Å²) in [5.41, 5.74) is 0.620. The molecule has 2 N–H and O–H groups in total. The molecule has 144 valence electrons. The first kappa shape index (κ1) is 18.3. The van der Waals surface area contributed by atoms with Crippen LogP contribution in [0.4, 0.5) is 0 Å². The Balaban J connectivity index is 1.37. The molecule has 0 bridgehead atoms. The van der Waals surface area contributed by atoms with Gasteiger partial charge in [-0.1, -0.05) is 18.2 Å². The molecule has 2 aromatic carbocycles. The number of benzene rings is 2. The summed E-state index contributed by atoms with van der Waals surface area (Å²) in [7, 11) is 0. The van der Waals surface area contributed by atoms with Crippen LogP contribution in [0.3, 0.4) is 0 Å². The SMILES string of the molecule is O=C(NC[C@H](c1ccco1)[NH+]1CCCC1)c1ccc(Oc2ccccc2)cc1. The number of carbonyl (C=O) groups is 1. The van der Waals surface area contributed by atoms with E-state index in [2.05, 4.69) is 5.32 Å². The van der Waals surface area contributed by atoms with Crippen molar-refractivity contribution in [2.75, 3.05) is 19.6 Å². The molecule has 3 aromatic rings. The molecule has 0 radical (unpaired) electrons. The zero-order valence-corrected chi connectivity index (χ0v) is 15.8. The largest absolute Gasteiger partial charge is 0.463 e. The number of furan rings is 1. The lowest BCUT2D eigenvalue weighted by molar-refractivity contribution is -0.919. The second-order valence-electron chi connectivity index (χ2n) is 7.08. The number of rotatable bonds is 7. The Hall–Kier alpha value is -3.05. The fourth-order valence-corrected chi connectivity index (χ4v) is 3.71. The van der Waals surface area contributed by atoms with Crippen LogP contribution in [0, 0.1) is 0 Å². The monoisotopic (exact) mass is 377 g/mol. The number of carbonyl (C=O) groups excluding carboxylic acids is 1. The zero-order chi connectivity index (χ0) is 19.2. The molecule has 5 heteroatoms. The van der Waals surface area contributed by atoms with Crippen molar-refractivity contribution in [3.63, 3.8) is 0 Å². The summed E-state index contributed by atoms with van der Waals surface area (Å²) in [6.45, 7) is 2.80. The fraction of sp³-hybridized carbons (Fsp3) is 0.261. The summed E-state index contributed by atoms with van der Waals surface area (Å²) < 4.78 is 11.4. The van der Waals surface area contributed by atoms with E-state index >= 15 is 0 Å². The van der Waals surface area contributed by atoms with E-state index in [1.165, 1.54) is 17.7 Å². The highest BCUT2D eigenvalue weighted by Gasteiger charge is 2.29. The standard InChI is InChI=1S/C23H24N2O3/c26-23(18-10-12-20(13-11-18)28-19-7-2-1-3-8-19)24-17-21(22-9-6-16-27-22)25-14-4-5-15-25/h1-3,6-13,16,21H,4-5,14-15,17H2,(H,24,26)/p+1/t21-/m1/s1. The van der Waals surface area contributed by atoms with Gasteiger partial charge in [0.05, 0.1) is 25.9 Å². The molecule has 0 saturated carbocycles. The summed E-state index contributed by atoms with van der Waals surface area (Å²) in [6.07, 6.45) is 4.15. The molecule has 28 heavy (non-hydrogen) atoms. The molecular formula is C23H25N2O3+. The van der Waals surface area contributed by atoms with E-state index in [-0.39, 0.29) is 11.9 Å². The van der Waals surface area contributed by atoms with Crippen molar-refractivity contribution in [2.24, 2.45) is 0 Å². The molecule has 1 saturated heterocycles. The van der Waals surface area contributed by atoms with E-state index in [1.54, 1.807) is 18.4 Å². The second-order valence-corrected chi connectivity index (χ2v) is 7.08. The molecule has 1 fully saturated rings. The van der Waals surface area contributed by atoms with Gasteiger partial charge in [0.25, 0.3) is 5.91 Å². The minimum Gasteiger partial charge on any atom is -0.463 e. The van der Waals surface area contributed by atoms with Crippen molar-refractivity contribution in [3.05, 3.63) is 84.3 Å².